The molecule has 0 atom stereocenters. The van der Waals surface area contributed by atoms with Gasteiger partial charge in [-0.3, -0.25) is 0 Å². The van der Waals surface area contributed by atoms with Crippen molar-refractivity contribution in [2.24, 2.45) is 0 Å². The summed E-state index contributed by atoms with van der Waals surface area (Å²) in [5, 5.41) is 1.07. The van der Waals surface area contributed by atoms with Crippen LogP contribution >= 0.6 is 11.8 Å². The fourth-order valence-electron chi connectivity index (χ4n) is 2.52. The van der Waals surface area contributed by atoms with Crippen LogP contribution in [-0.4, -0.2) is 0 Å². The Bertz CT molecular complexity index is 942. The standard InChI is InChI=1S/C20H13FOS/c21-15-10-12-16(13-11-15)23-20-17-8-4-5-9-18(17)22-19(20)14-6-2-1-3-7-14/h1-13H. The number of hydrogen-bond acceptors (Lipinski definition) is 2. The highest BCUT2D eigenvalue weighted by Crippen LogP contribution is 2.43. The van der Waals surface area contributed by atoms with Gasteiger partial charge in [-0.05, 0) is 36.4 Å². The van der Waals surface area contributed by atoms with E-state index in [-0.39, 0.29) is 5.82 Å². The summed E-state index contributed by atoms with van der Waals surface area (Å²) in [6, 6.07) is 24.6. The Morgan fingerprint density at radius 1 is 0.739 bits per heavy atom. The molecule has 4 rings (SSSR count). The zero-order valence-corrected chi connectivity index (χ0v) is 13.0. The molecule has 112 valence electrons. The molecule has 0 spiro atoms. The molecular weight excluding hydrogens is 307 g/mol. The van der Waals surface area contributed by atoms with E-state index < -0.39 is 0 Å². The number of furan rings is 1. The summed E-state index contributed by atoms with van der Waals surface area (Å²) in [4.78, 5) is 2.04. The van der Waals surface area contributed by atoms with E-state index in [1.54, 1.807) is 23.9 Å². The van der Waals surface area contributed by atoms with Crippen LogP contribution in [0, 0.1) is 5.82 Å². The van der Waals surface area contributed by atoms with Crippen LogP contribution in [0.25, 0.3) is 22.3 Å². The SMILES string of the molecule is Fc1ccc(Sc2c(-c3ccccc3)oc3ccccc23)cc1. The molecule has 1 nitrogen and oxygen atoms in total. The van der Waals surface area contributed by atoms with Gasteiger partial charge in [0.05, 0.1) is 4.90 Å². The number of benzene rings is 3. The van der Waals surface area contributed by atoms with E-state index in [9.17, 15) is 4.39 Å². The molecule has 0 fully saturated rings. The second-order valence-corrected chi connectivity index (χ2v) is 6.26. The van der Waals surface area contributed by atoms with Gasteiger partial charge in [0.25, 0.3) is 0 Å². The van der Waals surface area contributed by atoms with Crippen molar-refractivity contribution in [1.82, 2.24) is 0 Å². The molecule has 0 amide bonds. The fraction of sp³-hybridized carbons (Fsp3) is 0. The van der Waals surface area contributed by atoms with Gasteiger partial charge in [0.2, 0.25) is 0 Å². The minimum atomic E-state index is -0.227. The maximum absolute atomic E-state index is 13.1. The van der Waals surface area contributed by atoms with Crippen molar-refractivity contribution in [1.29, 1.82) is 0 Å². The van der Waals surface area contributed by atoms with Crippen molar-refractivity contribution in [2.45, 2.75) is 9.79 Å². The van der Waals surface area contributed by atoms with Gasteiger partial charge in [0, 0.05) is 15.8 Å². The van der Waals surface area contributed by atoms with Crippen molar-refractivity contribution < 1.29 is 8.81 Å². The Labute approximate surface area is 137 Å². The average molecular weight is 320 g/mol. The lowest BCUT2D eigenvalue weighted by Gasteiger charge is -2.04. The van der Waals surface area contributed by atoms with Gasteiger partial charge in [0.15, 0.2) is 0 Å². The molecule has 4 aromatic rings. The number of hydrogen-bond donors (Lipinski definition) is 0. The fourth-order valence-corrected chi connectivity index (χ4v) is 3.56. The van der Waals surface area contributed by atoms with Gasteiger partial charge in [-0.25, -0.2) is 4.39 Å². The zero-order valence-electron chi connectivity index (χ0n) is 12.2. The normalized spacial score (nSPS) is 11.0. The predicted molar refractivity (Wildman–Crippen MR) is 92.2 cm³/mol. The molecular formula is C20H13FOS. The summed E-state index contributed by atoms with van der Waals surface area (Å²) < 4.78 is 19.2. The predicted octanol–water partition coefficient (Wildman–Crippen LogP) is 6.39. The summed E-state index contributed by atoms with van der Waals surface area (Å²) in [7, 11) is 0. The first-order chi connectivity index (χ1) is 11.3. The van der Waals surface area contributed by atoms with Crippen LogP contribution in [0.2, 0.25) is 0 Å². The number of halogens is 1. The molecule has 0 N–H and O–H groups in total. The molecule has 1 heterocycles. The third-order valence-electron chi connectivity index (χ3n) is 3.62. The van der Waals surface area contributed by atoms with Crippen LogP contribution in [0.5, 0.6) is 0 Å². The monoisotopic (exact) mass is 320 g/mol. The molecule has 3 aromatic carbocycles. The molecule has 1 aromatic heterocycles. The van der Waals surface area contributed by atoms with Crippen LogP contribution in [-0.2, 0) is 0 Å². The topological polar surface area (TPSA) is 13.1 Å². The van der Waals surface area contributed by atoms with E-state index in [0.717, 1.165) is 32.1 Å². The van der Waals surface area contributed by atoms with Crippen molar-refractivity contribution in [2.75, 3.05) is 0 Å². The van der Waals surface area contributed by atoms with E-state index in [0.29, 0.717) is 0 Å². The Kier molecular flexibility index (Phi) is 3.64. The third-order valence-corrected chi connectivity index (χ3v) is 4.74. The maximum atomic E-state index is 13.1. The summed E-state index contributed by atoms with van der Waals surface area (Å²) in [6.07, 6.45) is 0. The van der Waals surface area contributed by atoms with E-state index >= 15 is 0 Å². The smallest absolute Gasteiger partial charge is 0.149 e. The number of para-hydroxylation sites is 1. The van der Waals surface area contributed by atoms with Crippen LogP contribution in [0.4, 0.5) is 4.39 Å². The Morgan fingerprint density at radius 2 is 1.43 bits per heavy atom. The van der Waals surface area contributed by atoms with E-state index in [1.165, 1.54) is 12.1 Å². The van der Waals surface area contributed by atoms with Crippen LogP contribution in [0.3, 0.4) is 0 Å². The summed E-state index contributed by atoms with van der Waals surface area (Å²) in [6.45, 7) is 0. The average Bonchev–Trinajstić information content (AvgIpc) is 2.96. The quantitative estimate of drug-likeness (QED) is 0.434. The minimum absolute atomic E-state index is 0.227. The van der Waals surface area contributed by atoms with Gasteiger partial charge >= 0.3 is 0 Å². The van der Waals surface area contributed by atoms with Crippen molar-refractivity contribution >= 4 is 22.7 Å². The van der Waals surface area contributed by atoms with Crippen LogP contribution in [0.15, 0.2) is 93.1 Å². The van der Waals surface area contributed by atoms with Crippen molar-refractivity contribution in [3.05, 3.63) is 84.7 Å². The van der Waals surface area contributed by atoms with Gasteiger partial charge in [-0.15, -0.1) is 0 Å². The summed E-state index contributed by atoms with van der Waals surface area (Å²) >= 11 is 1.59. The summed E-state index contributed by atoms with van der Waals surface area (Å²) in [5.41, 5.74) is 1.89. The molecule has 0 aliphatic carbocycles. The van der Waals surface area contributed by atoms with E-state index in [4.69, 9.17) is 4.42 Å². The molecule has 3 heteroatoms. The molecule has 0 radical (unpaired) electrons. The molecule has 0 saturated carbocycles. The highest BCUT2D eigenvalue weighted by molar-refractivity contribution is 7.99. The Balaban J connectivity index is 1.87. The van der Waals surface area contributed by atoms with E-state index in [2.05, 4.69) is 6.07 Å². The minimum Gasteiger partial charge on any atom is -0.455 e. The lowest BCUT2D eigenvalue weighted by Crippen LogP contribution is -1.79. The van der Waals surface area contributed by atoms with Gasteiger partial charge in [0.1, 0.15) is 17.2 Å². The lowest BCUT2D eigenvalue weighted by atomic mass is 10.1. The molecule has 23 heavy (non-hydrogen) atoms. The van der Waals surface area contributed by atoms with Crippen LogP contribution < -0.4 is 0 Å². The third kappa shape index (κ3) is 2.76. The van der Waals surface area contributed by atoms with E-state index in [1.807, 2.05) is 48.5 Å². The van der Waals surface area contributed by atoms with Crippen LogP contribution in [0.1, 0.15) is 0 Å². The Hall–Kier alpha value is -2.52. The maximum Gasteiger partial charge on any atom is 0.149 e. The molecule has 0 bridgehead atoms. The molecule has 0 unspecified atom stereocenters. The molecule has 0 saturated heterocycles. The first-order valence-electron chi connectivity index (χ1n) is 7.31. The number of fused-ring (bicyclic) bond motifs is 1. The second-order valence-electron chi connectivity index (χ2n) is 5.18. The van der Waals surface area contributed by atoms with Crippen molar-refractivity contribution in [3.63, 3.8) is 0 Å². The Morgan fingerprint density at radius 3 is 2.22 bits per heavy atom. The van der Waals surface area contributed by atoms with Gasteiger partial charge in [-0.1, -0.05) is 54.2 Å². The lowest BCUT2D eigenvalue weighted by molar-refractivity contribution is 0.625. The zero-order chi connectivity index (χ0) is 15.6. The highest BCUT2D eigenvalue weighted by Gasteiger charge is 2.16. The van der Waals surface area contributed by atoms with Gasteiger partial charge in [-0.2, -0.15) is 0 Å². The molecule has 0 aliphatic heterocycles. The first kappa shape index (κ1) is 14.1. The van der Waals surface area contributed by atoms with Crippen molar-refractivity contribution in [3.8, 4) is 11.3 Å². The second kappa shape index (κ2) is 5.94. The van der Waals surface area contributed by atoms with Gasteiger partial charge < -0.3 is 4.42 Å². The number of rotatable bonds is 3. The largest absolute Gasteiger partial charge is 0.455 e. The summed E-state index contributed by atoms with van der Waals surface area (Å²) in [5.74, 6) is 0.621. The highest BCUT2D eigenvalue weighted by atomic mass is 32.2. The molecule has 0 aliphatic rings. The first-order valence-corrected chi connectivity index (χ1v) is 8.13.